The van der Waals surface area contributed by atoms with Crippen LogP contribution in [0, 0.1) is 0 Å². The molecule has 0 fully saturated rings. The number of fused-ring (bicyclic) bond motifs is 1. The van der Waals surface area contributed by atoms with Gasteiger partial charge in [0, 0.05) is 22.8 Å². The van der Waals surface area contributed by atoms with E-state index in [-0.39, 0.29) is 10.8 Å². The maximum atomic E-state index is 13.4. The van der Waals surface area contributed by atoms with E-state index in [1.54, 1.807) is 36.0 Å². The number of benzene rings is 4. The largest absolute Gasteiger partial charge is 0.325 e. The first-order chi connectivity index (χ1) is 18.0. The van der Waals surface area contributed by atoms with E-state index in [1.807, 2.05) is 78.9 Å². The summed E-state index contributed by atoms with van der Waals surface area (Å²) in [6.45, 7) is 0.477. The molecule has 1 N–H and O–H groups in total. The number of nitrogens with zero attached hydrogens (tertiary/aromatic N) is 1. The van der Waals surface area contributed by atoms with E-state index in [0.29, 0.717) is 19.4 Å². The van der Waals surface area contributed by atoms with Gasteiger partial charge in [-0.15, -0.1) is 0 Å². The van der Waals surface area contributed by atoms with Crippen molar-refractivity contribution >= 4 is 39.1 Å². The summed E-state index contributed by atoms with van der Waals surface area (Å²) in [5, 5.41) is 3.03. The Morgan fingerprint density at radius 1 is 0.838 bits per heavy atom. The number of anilines is 2. The van der Waals surface area contributed by atoms with E-state index in [4.69, 9.17) is 0 Å². The van der Waals surface area contributed by atoms with Crippen molar-refractivity contribution in [3.8, 4) is 0 Å². The van der Waals surface area contributed by atoms with Gasteiger partial charge in [-0.25, -0.2) is 8.42 Å². The molecule has 1 heterocycles. The lowest BCUT2D eigenvalue weighted by atomic mass is 10.0. The van der Waals surface area contributed by atoms with Crippen LogP contribution in [0.25, 0.3) is 0 Å². The number of nitrogens with one attached hydrogen (secondary N) is 1. The molecule has 0 aliphatic carbocycles. The second-order valence-electron chi connectivity index (χ2n) is 8.91. The van der Waals surface area contributed by atoms with Gasteiger partial charge in [0.1, 0.15) is 0 Å². The lowest BCUT2D eigenvalue weighted by Gasteiger charge is -2.30. The monoisotopic (exact) mass is 528 g/mol. The fourth-order valence-corrected chi connectivity index (χ4v) is 6.91. The first kappa shape index (κ1) is 25.1. The normalized spacial score (nSPS) is 13.1. The molecule has 1 aliphatic rings. The molecule has 5 rings (SSSR count). The molecule has 0 saturated heterocycles. The average Bonchev–Trinajstić information content (AvgIpc) is 2.93. The van der Waals surface area contributed by atoms with Crippen molar-refractivity contribution in [2.45, 2.75) is 40.4 Å². The Balaban J connectivity index is 1.22. The number of aryl methyl sites for hydroxylation is 2. The number of amides is 1. The molecule has 5 nitrogen and oxygen atoms in total. The van der Waals surface area contributed by atoms with Crippen LogP contribution in [-0.4, -0.2) is 20.9 Å². The number of para-hydroxylation sites is 2. The topological polar surface area (TPSA) is 66.5 Å². The minimum Gasteiger partial charge on any atom is -0.325 e. The molecular formula is C30H28N2O3S2. The van der Waals surface area contributed by atoms with Gasteiger partial charge in [0.25, 0.3) is 10.0 Å². The Hall–Kier alpha value is -3.55. The van der Waals surface area contributed by atoms with Gasteiger partial charge in [-0.05, 0) is 72.9 Å². The third kappa shape index (κ3) is 5.89. The number of rotatable bonds is 8. The first-order valence-corrected chi connectivity index (χ1v) is 14.6. The summed E-state index contributed by atoms with van der Waals surface area (Å²) >= 11 is 1.61. The molecule has 0 radical (unpaired) electrons. The van der Waals surface area contributed by atoms with E-state index in [1.165, 1.54) is 4.31 Å². The summed E-state index contributed by atoms with van der Waals surface area (Å²) in [6.07, 6.45) is 2.51. The van der Waals surface area contributed by atoms with Crippen LogP contribution in [0.4, 0.5) is 11.4 Å². The van der Waals surface area contributed by atoms with E-state index < -0.39 is 10.0 Å². The number of carbonyl (C=O) groups is 1. The molecule has 37 heavy (non-hydrogen) atoms. The molecule has 1 aliphatic heterocycles. The van der Waals surface area contributed by atoms with Crippen molar-refractivity contribution in [3.63, 3.8) is 0 Å². The Bertz CT molecular complexity index is 1490. The minimum absolute atomic E-state index is 0.0808. The van der Waals surface area contributed by atoms with Crippen LogP contribution in [-0.2, 0) is 27.7 Å². The fourth-order valence-electron chi connectivity index (χ4n) is 4.45. The summed E-state index contributed by atoms with van der Waals surface area (Å²) in [5.74, 6) is -0.0808. The molecule has 4 aromatic carbocycles. The van der Waals surface area contributed by atoms with Crippen molar-refractivity contribution in [1.29, 1.82) is 0 Å². The van der Waals surface area contributed by atoms with Gasteiger partial charge in [-0.2, -0.15) is 0 Å². The van der Waals surface area contributed by atoms with Gasteiger partial charge in [-0.1, -0.05) is 72.4 Å². The standard InChI is InChI=1S/C30H28N2O3S2/c33-30(31-27-13-5-7-15-29(27)36-25-11-2-1-3-12-25)21-18-23-16-19-26(20-17-23)37(34,35)32-22-8-10-24-9-4-6-14-28(24)32/h1-7,9,11-17,19-20H,8,10,18,21-22H2,(H,31,33). The number of hydrogen-bond acceptors (Lipinski definition) is 4. The Morgan fingerprint density at radius 2 is 1.54 bits per heavy atom. The Morgan fingerprint density at radius 3 is 2.35 bits per heavy atom. The maximum Gasteiger partial charge on any atom is 0.264 e. The van der Waals surface area contributed by atoms with Crippen molar-refractivity contribution < 1.29 is 13.2 Å². The summed E-state index contributed by atoms with van der Waals surface area (Å²) < 4.78 is 28.2. The number of hydrogen-bond donors (Lipinski definition) is 1. The van der Waals surface area contributed by atoms with Crippen molar-refractivity contribution in [3.05, 3.63) is 114 Å². The zero-order valence-corrected chi connectivity index (χ0v) is 22.0. The number of carbonyl (C=O) groups excluding carboxylic acids is 1. The highest BCUT2D eigenvalue weighted by molar-refractivity contribution is 7.99. The molecule has 0 atom stereocenters. The van der Waals surface area contributed by atoms with Gasteiger partial charge in [0.05, 0.1) is 16.3 Å². The summed E-state index contributed by atoms with van der Waals surface area (Å²) in [5.41, 5.74) is 3.52. The molecule has 4 aromatic rings. The highest BCUT2D eigenvalue weighted by Gasteiger charge is 2.28. The number of sulfonamides is 1. The van der Waals surface area contributed by atoms with Gasteiger partial charge in [-0.3, -0.25) is 9.10 Å². The van der Waals surface area contributed by atoms with E-state index in [0.717, 1.165) is 45.1 Å². The molecule has 0 spiro atoms. The highest BCUT2D eigenvalue weighted by Crippen LogP contribution is 2.34. The van der Waals surface area contributed by atoms with Crippen LogP contribution in [0.2, 0.25) is 0 Å². The summed E-state index contributed by atoms with van der Waals surface area (Å²) in [4.78, 5) is 15.1. The third-order valence-corrected chi connectivity index (χ3v) is 9.26. The zero-order chi connectivity index (χ0) is 25.7. The molecule has 7 heteroatoms. The van der Waals surface area contributed by atoms with Crippen LogP contribution in [0.5, 0.6) is 0 Å². The predicted octanol–water partition coefficient (Wildman–Crippen LogP) is 6.55. The van der Waals surface area contributed by atoms with E-state index >= 15 is 0 Å². The minimum atomic E-state index is -3.64. The Labute approximate surface area is 222 Å². The SMILES string of the molecule is O=C(CCc1ccc(S(=O)(=O)N2CCCc3ccccc32)cc1)Nc1ccccc1Sc1ccccc1. The van der Waals surface area contributed by atoms with Crippen LogP contribution < -0.4 is 9.62 Å². The van der Waals surface area contributed by atoms with Crippen LogP contribution in [0.15, 0.2) is 118 Å². The lowest BCUT2D eigenvalue weighted by Crippen LogP contribution is -2.35. The predicted molar refractivity (Wildman–Crippen MR) is 150 cm³/mol. The van der Waals surface area contributed by atoms with Crippen molar-refractivity contribution in [2.24, 2.45) is 0 Å². The van der Waals surface area contributed by atoms with Gasteiger partial charge in [0.2, 0.25) is 5.91 Å². The van der Waals surface area contributed by atoms with E-state index in [2.05, 4.69) is 5.32 Å². The third-order valence-electron chi connectivity index (χ3n) is 6.35. The quantitative estimate of drug-likeness (QED) is 0.282. The van der Waals surface area contributed by atoms with Gasteiger partial charge < -0.3 is 5.32 Å². The molecule has 0 unspecified atom stereocenters. The summed E-state index contributed by atoms with van der Waals surface area (Å²) in [6, 6.07) is 32.4. The first-order valence-electron chi connectivity index (χ1n) is 12.3. The smallest absolute Gasteiger partial charge is 0.264 e. The van der Waals surface area contributed by atoms with Crippen LogP contribution in [0.3, 0.4) is 0 Å². The highest BCUT2D eigenvalue weighted by atomic mass is 32.2. The molecule has 0 bridgehead atoms. The second-order valence-corrected chi connectivity index (χ2v) is 11.9. The molecule has 0 aromatic heterocycles. The Kier molecular flexibility index (Phi) is 7.63. The van der Waals surface area contributed by atoms with Crippen molar-refractivity contribution in [2.75, 3.05) is 16.2 Å². The van der Waals surface area contributed by atoms with Crippen LogP contribution >= 0.6 is 11.8 Å². The maximum absolute atomic E-state index is 13.4. The fraction of sp³-hybridized carbons (Fsp3) is 0.167. The molecule has 188 valence electrons. The average molecular weight is 529 g/mol. The summed E-state index contributed by atoms with van der Waals surface area (Å²) in [7, 11) is -3.64. The van der Waals surface area contributed by atoms with E-state index in [9.17, 15) is 13.2 Å². The zero-order valence-electron chi connectivity index (χ0n) is 20.3. The molecule has 1 amide bonds. The second kappa shape index (κ2) is 11.2. The molecular weight excluding hydrogens is 500 g/mol. The van der Waals surface area contributed by atoms with Gasteiger partial charge in [0.15, 0.2) is 0 Å². The van der Waals surface area contributed by atoms with Gasteiger partial charge >= 0.3 is 0 Å². The van der Waals surface area contributed by atoms with Crippen LogP contribution in [0.1, 0.15) is 24.0 Å². The molecule has 0 saturated carbocycles. The van der Waals surface area contributed by atoms with Crippen molar-refractivity contribution in [1.82, 2.24) is 0 Å². The lowest BCUT2D eigenvalue weighted by molar-refractivity contribution is -0.116.